The molecule has 3 atom stereocenters. The highest BCUT2D eigenvalue weighted by Crippen LogP contribution is 2.32. The normalized spacial score (nSPS) is 19.9. The van der Waals surface area contributed by atoms with Crippen LogP contribution in [0.5, 0.6) is 0 Å². The number of nitrogens with zero attached hydrogens (tertiary/aromatic N) is 3. The van der Waals surface area contributed by atoms with Gasteiger partial charge in [-0.1, -0.05) is 25.4 Å². The highest BCUT2D eigenvalue weighted by molar-refractivity contribution is 5.85. The minimum absolute atomic E-state index is 0. The summed E-state index contributed by atoms with van der Waals surface area (Å²) in [7, 11) is 0. The largest absolute Gasteiger partial charge is 0.344 e. The molecule has 0 radical (unpaired) electrons. The van der Waals surface area contributed by atoms with Gasteiger partial charge in [0.15, 0.2) is 0 Å². The first kappa shape index (κ1) is 23.3. The van der Waals surface area contributed by atoms with E-state index in [1.807, 2.05) is 26.0 Å². The fraction of sp³-hybridized carbons (Fsp3) is 0.556. The van der Waals surface area contributed by atoms with Gasteiger partial charge in [-0.2, -0.15) is 4.98 Å². The minimum atomic E-state index is -0.311. The molecule has 0 saturated heterocycles. The minimum Gasteiger partial charge on any atom is -0.344 e. The number of carbonyl (C=O) groups excluding carboxylic acids is 1. The van der Waals surface area contributed by atoms with Crippen LogP contribution in [-0.2, 0) is 4.79 Å². The van der Waals surface area contributed by atoms with E-state index in [9.17, 15) is 4.79 Å². The molecule has 1 fully saturated rings. The molecular weight excluding hydrogens is 389 g/mol. The van der Waals surface area contributed by atoms with Crippen LogP contribution in [0.25, 0.3) is 11.4 Å². The van der Waals surface area contributed by atoms with Crippen molar-refractivity contribution in [1.82, 2.24) is 20.4 Å². The molecule has 1 aliphatic carbocycles. The van der Waals surface area contributed by atoms with Crippen LogP contribution in [0.2, 0.25) is 0 Å². The summed E-state index contributed by atoms with van der Waals surface area (Å²) in [5, 5.41) is 7.14. The molecular formula is C18H27Cl2N5O2. The third-order valence-corrected chi connectivity index (χ3v) is 4.91. The van der Waals surface area contributed by atoms with Crippen molar-refractivity contribution in [1.29, 1.82) is 0 Å². The second-order valence-electron chi connectivity index (χ2n) is 6.96. The molecule has 9 heteroatoms. The van der Waals surface area contributed by atoms with E-state index in [1.54, 1.807) is 12.4 Å². The van der Waals surface area contributed by atoms with Gasteiger partial charge in [0.2, 0.25) is 17.6 Å². The van der Waals surface area contributed by atoms with Crippen molar-refractivity contribution in [3.05, 3.63) is 30.4 Å². The van der Waals surface area contributed by atoms with Crippen molar-refractivity contribution in [3.8, 4) is 11.4 Å². The van der Waals surface area contributed by atoms with Crippen molar-refractivity contribution in [2.75, 3.05) is 6.54 Å². The Labute approximate surface area is 171 Å². The molecule has 1 saturated carbocycles. The van der Waals surface area contributed by atoms with Gasteiger partial charge in [-0.05, 0) is 43.4 Å². The van der Waals surface area contributed by atoms with Gasteiger partial charge in [0.05, 0.1) is 0 Å². The average molecular weight is 416 g/mol. The Morgan fingerprint density at radius 1 is 1.30 bits per heavy atom. The summed E-state index contributed by atoms with van der Waals surface area (Å²) in [6, 6.07) is 3.33. The third kappa shape index (κ3) is 5.40. The van der Waals surface area contributed by atoms with Crippen LogP contribution in [0, 0.1) is 17.8 Å². The molecule has 1 aliphatic rings. The lowest BCUT2D eigenvalue weighted by molar-refractivity contribution is -0.127. The molecule has 2 aromatic heterocycles. The van der Waals surface area contributed by atoms with E-state index in [4.69, 9.17) is 10.3 Å². The van der Waals surface area contributed by atoms with E-state index in [0.717, 1.165) is 24.8 Å². The number of hydrogen-bond acceptors (Lipinski definition) is 6. The zero-order valence-electron chi connectivity index (χ0n) is 15.5. The first-order valence-corrected chi connectivity index (χ1v) is 8.84. The number of carbonyl (C=O) groups is 1. The molecule has 3 rings (SSSR count). The number of nitrogens with two attached hydrogens (primary N) is 1. The number of nitrogens with one attached hydrogen (secondary N) is 1. The van der Waals surface area contributed by atoms with Gasteiger partial charge in [0.25, 0.3) is 0 Å². The highest BCUT2D eigenvalue weighted by atomic mass is 35.5. The molecule has 150 valence electrons. The molecule has 0 spiro atoms. The van der Waals surface area contributed by atoms with Crippen LogP contribution >= 0.6 is 24.8 Å². The molecule has 1 unspecified atom stereocenters. The van der Waals surface area contributed by atoms with Crippen LogP contribution in [0.3, 0.4) is 0 Å². The number of hydrogen-bond donors (Lipinski definition) is 2. The maximum absolute atomic E-state index is 12.7. The molecule has 2 aromatic rings. The Hall–Kier alpha value is -1.70. The number of halogens is 2. The first-order valence-electron chi connectivity index (χ1n) is 8.84. The fourth-order valence-electron chi connectivity index (χ4n) is 3.42. The van der Waals surface area contributed by atoms with Gasteiger partial charge in [-0.15, -0.1) is 24.8 Å². The van der Waals surface area contributed by atoms with Gasteiger partial charge in [-0.3, -0.25) is 9.78 Å². The lowest BCUT2D eigenvalue weighted by Crippen LogP contribution is -2.39. The van der Waals surface area contributed by atoms with Crippen LogP contribution in [-0.4, -0.2) is 27.6 Å². The monoisotopic (exact) mass is 415 g/mol. The fourth-order valence-corrected chi connectivity index (χ4v) is 3.42. The number of pyridine rings is 1. The van der Waals surface area contributed by atoms with E-state index in [1.165, 1.54) is 0 Å². The second-order valence-corrected chi connectivity index (χ2v) is 6.96. The lowest BCUT2D eigenvalue weighted by Gasteiger charge is -2.23. The van der Waals surface area contributed by atoms with E-state index in [0.29, 0.717) is 18.3 Å². The van der Waals surface area contributed by atoms with Gasteiger partial charge < -0.3 is 15.6 Å². The Kier molecular flexibility index (Phi) is 9.15. The van der Waals surface area contributed by atoms with Crippen molar-refractivity contribution in [2.24, 2.45) is 23.5 Å². The second kappa shape index (κ2) is 10.6. The maximum atomic E-state index is 12.7. The number of aromatic nitrogens is 3. The summed E-state index contributed by atoms with van der Waals surface area (Å²) < 4.78 is 5.44. The molecule has 0 bridgehead atoms. The number of amides is 1. The topological polar surface area (TPSA) is 107 Å². The molecule has 0 aliphatic heterocycles. The smallest absolute Gasteiger partial charge is 0.249 e. The van der Waals surface area contributed by atoms with Crippen molar-refractivity contribution < 1.29 is 9.32 Å². The predicted octanol–water partition coefficient (Wildman–Crippen LogP) is 3.16. The van der Waals surface area contributed by atoms with Gasteiger partial charge in [-0.25, -0.2) is 0 Å². The zero-order valence-corrected chi connectivity index (χ0v) is 17.1. The Morgan fingerprint density at radius 3 is 2.63 bits per heavy atom. The van der Waals surface area contributed by atoms with Gasteiger partial charge in [0, 0.05) is 23.9 Å². The van der Waals surface area contributed by atoms with E-state index in [2.05, 4.69) is 20.4 Å². The third-order valence-electron chi connectivity index (χ3n) is 4.91. The first-order chi connectivity index (χ1) is 12.1. The van der Waals surface area contributed by atoms with Crippen LogP contribution < -0.4 is 11.1 Å². The molecule has 27 heavy (non-hydrogen) atoms. The molecule has 0 aromatic carbocycles. The van der Waals surface area contributed by atoms with Gasteiger partial charge >= 0.3 is 0 Å². The van der Waals surface area contributed by atoms with Crippen LogP contribution in [0.15, 0.2) is 29.0 Å². The Morgan fingerprint density at radius 2 is 2.00 bits per heavy atom. The Bertz CT molecular complexity index is 711. The zero-order chi connectivity index (χ0) is 17.8. The molecule has 3 N–H and O–H groups in total. The van der Waals surface area contributed by atoms with E-state index >= 15 is 0 Å². The van der Waals surface area contributed by atoms with Crippen LogP contribution in [0.1, 0.15) is 45.0 Å². The van der Waals surface area contributed by atoms with E-state index in [-0.39, 0.29) is 54.5 Å². The molecule has 2 heterocycles. The molecule has 7 nitrogen and oxygen atoms in total. The SMILES string of the molecule is CC(C)C(NC(=O)[C@@H]1CCC[C@@H]1CN)c1nc(-c2ccncc2)no1.Cl.Cl. The summed E-state index contributed by atoms with van der Waals surface area (Å²) in [5.74, 6) is 1.34. The predicted molar refractivity (Wildman–Crippen MR) is 108 cm³/mol. The Balaban J connectivity index is 0.00000182. The van der Waals surface area contributed by atoms with E-state index < -0.39 is 0 Å². The summed E-state index contributed by atoms with van der Waals surface area (Å²) in [6.45, 7) is 4.60. The quantitative estimate of drug-likeness (QED) is 0.749. The highest BCUT2D eigenvalue weighted by Gasteiger charge is 2.34. The number of rotatable bonds is 6. The van der Waals surface area contributed by atoms with Crippen molar-refractivity contribution in [3.63, 3.8) is 0 Å². The van der Waals surface area contributed by atoms with Crippen LogP contribution in [0.4, 0.5) is 0 Å². The summed E-state index contributed by atoms with van der Waals surface area (Å²) in [5.41, 5.74) is 6.64. The van der Waals surface area contributed by atoms with Crippen molar-refractivity contribution >= 4 is 30.7 Å². The van der Waals surface area contributed by atoms with Crippen molar-refractivity contribution in [2.45, 2.75) is 39.2 Å². The molecule has 1 amide bonds. The maximum Gasteiger partial charge on any atom is 0.249 e. The standard InChI is InChI=1S/C18H25N5O2.2ClH/c1-11(2)15(21-17(24)14-5-3-4-13(14)10-19)18-22-16(23-25-18)12-6-8-20-9-7-12;;/h6-9,11,13-15H,3-5,10,19H2,1-2H3,(H,21,24);2*1H/t13-,14-,15?;;/m1../s1. The average Bonchev–Trinajstić information content (AvgIpc) is 3.29. The summed E-state index contributed by atoms with van der Waals surface area (Å²) in [4.78, 5) is 21.2. The summed E-state index contributed by atoms with van der Waals surface area (Å²) >= 11 is 0. The van der Waals surface area contributed by atoms with Gasteiger partial charge in [0.1, 0.15) is 6.04 Å². The summed E-state index contributed by atoms with van der Waals surface area (Å²) in [6.07, 6.45) is 6.33. The lowest BCUT2D eigenvalue weighted by atomic mass is 9.94.